The van der Waals surface area contributed by atoms with Crippen molar-refractivity contribution < 1.29 is 8.42 Å². The van der Waals surface area contributed by atoms with Crippen molar-refractivity contribution in [2.24, 2.45) is 5.92 Å². The van der Waals surface area contributed by atoms with Crippen LogP contribution in [-0.4, -0.2) is 14.5 Å². The van der Waals surface area contributed by atoms with Crippen LogP contribution < -0.4 is 4.72 Å². The molecule has 1 aliphatic carbocycles. The van der Waals surface area contributed by atoms with Crippen molar-refractivity contribution >= 4 is 10.0 Å². The predicted molar refractivity (Wildman–Crippen MR) is 83.0 cm³/mol. The molecule has 0 aromatic heterocycles. The third kappa shape index (κ3) is 4.55. The summed E-state index contributed by atoms with van der Waals surface area (Å²) < 4.78 is 27.6. The van der Waals surface area contributed by atoms with Gasteiger partial charge in [0, 0.05) is 6.04 Å². The van der Waals surface area contributed by atoms with E-state index >= 15 is 0 Å². The first-order valence-electron chi connectivity index (χ1n) is 7.50. The minimum Gasteiger partial charge on any atom is -0.212 e. The maximum atomic E-state index is 12.4. The summed E-state index contributed by atoms with van der Waals surface area (Å²) in [6.07, 6.45) is 5.41. The lowest BCUT2D eigenvalue weighted by atomic mass is 9.98. The standard InChI is InChI=1S/C16H22N2O2S/c1-13-7-3-2-4-10-16(13)18-21(19,20)12-15-9-6-5-8-14(15)11-17/h5-6,8-9,13,16,18H,2-4,7,10,12H2,1H3. The minimum atomic E-state index is -3.42. The molecule has 2 rings (SSSR count). The second kappa shape index (κ2) is 7.06. The van der Waals surface area contributed by atoms with Crippen molar-refractivity contribution in [1.82, 2.24) is 4.72 Å². The van der Waals surface area contributed by atoms with Crippen LogP contribution in [0.25, 0.3) is 0 Å². The molecule has 0 amide bonds. The SMILES string of the molecule is CC1CCCCCC1NS(=O)(=O)Cc1ccccc1C#N. The average molecular weight is 306 g/mol. The summed E-state index contributed by atoms with van der Waals surface area (Å²) in [4.78, 5) is 0. The van der Waals surface area contributed by atoms with E-state index in [0.717, 1.165) is 19.3 Å². The van der Waals surface area contributed by atoms with E-state index in [9.17, 15) is 8.42 Å². The lowest BCUT2D eigenvalue weighted by Crippen LogP contribution is -2.39. The van der Waals surface area contributed by atoms with Gasteiger partial charge < -0.3 is 0 Å². The second-order valence-corrected chi connectivity index (χ2v) is 7.62. The molecule has 21 heavy (non-hydrogen) atoms. The van der Waals surface area contributed by atoms with Gasteiger partial charge in [-0.05, 0) is 30.4 Å². The van der Waals surface area contributed by atoms with Gasteiger partial charge in [-0.1, -0.05) is 44.4 Å². The molecule has 0 spiro atoms. The topological polar surface area (TPSA) is 70.0 Å². The molecule has 0 heterocycles. The van der Waals surface area contributed by atoms with Crippen molar-refractivity contribution in [3.63, 3.8) is 0 Å². The maximum Gasteiger partial charge on any atom is 0.216 e. The zero-order valence-corrected chi connectivity index (χ0v) is 13.2. The summed E-state index contributed by atoms with van der Waals surface area (Å²) in [5, 5.41) is 9.05. The molecule has 2 atom stereocenters. The molecule has 1 saturated carbocycles. The molecule has 5 heteroatoms. The number of nitriles is 1. The largest absolute Gasteiger partial charge is 0.216 e. The Kier molecular flexibility index (Phi) is 5.38. The Balaban J connectivity index is 2.10. The zero-order chi connectivity index (χ0) is 15.3. The molecule has 4 nitrogen and oxygen atoms in total. The van der Waals surface area contributed by atoms with Gasteiger partial charge in [0.1, 0.15) is 0 Å². The van der Waals surface area contributed by atoms with Crippen LogP contribution in [-0.2, 0) is 15.8 Å². The van der Waals surface area contributed by atoms with Crippen molar-refractivity contribution in [1.29, 1.82) is 5.26 Å². The number of sulfonamides is 1. The van der Waals surface area contributed by atoms with Crippen LogP contribution in [0.3, 0.4) is 0 Å². The van der Waals surface area contributed by atoms with E-state index in [2.05, 4.69) is 11.6 Å². The fraction of sp³-hybridized carbons (Fsp3) is 0.562. The van der Waals surface area contributed by atoms with E-state index in [0.29, 0.717) is 17.0 Å². The number of hydrogen-bond donors (Lipinski definition) is 1. The van der Waals surface area contributed by atoms with Crippen LogP contribution in [0, 0.1) is 17.2 Å². The molecule has 2 unspecified atom stereocenters. The smallest absolute Gasteiger partial charge is 0.212 e. The highest BCUT2D eigenvalue weighted by Gasteiger charge is 2.25. The molecule has 1 aromatic carbocycles. The second-order valence-electron chi connectivity index (χ2n) is 5.87. The lowest BCUT2D eigenvalue weighted by Gasteiger charge is -2.22. The van der Waals surface area contributed by atoms with Crippen LogP contribution >= 0.6 is 0 Å². The van der Waals surface area contributed by atoms with Crippen LogP contribution in [0.1, 0.15) is 50.2 Å². The van der Waals surface area contributed by atoms with Crippen molar-refractivity contribution in [3.8, 4) is 6.07 Å². The Hall–Kier alpha value is -1.38. The first-order chi connectivity index (χ1) is 10.0. The molecule has 1 N–H and O–H groups in total. The summed E-state index contributed by atoms with van der Waals surface area (Å²) in [6.45, 7) is 2.11. The highest BCUT2D eigenvalue weighted by atomic mass is 32.2. The summed E-state index contributed by atoms with van der Waals surface area (Å²) in [6, 6.07) is 8.93. The van der Waals surface area contributed by atoms with Crippen LogP contribution in [0.5, 0.6) is 0 Å². The molecule has 1 aromatic rings. The molecule has 1 aliphatic rings. The molecular weight excluding hydrogens is 284 g/mol. The van der Waals surface area contributed by atoms with Crippen LogP contribution in [0.2, 0.25) is 0 Å². The monoisotopic (exact) mass is 306 g/mol. The Morgan fingerprint density at radius 1 is 1.24 bits per heavy atom. The van der Waals surface area contributed by atoms with E-state index in [-0.39, 0.29) is 11.8 Å². The predicted octanol–water partition coefficient (Wildman–Crippen LogP) is 2.95. The van der Waals surface area contributed by atoms with Crippen molar-refractivity contribution in [3.05, 3.63) is 35.4 Å². The van der Waals surface area contributed by atoms with Gasteiger partial charge >= 0.3 is 0 Å². The number of nitrogens with zero attached hydrogens (tertiary/aromatic N) is 1. The minimum absolute atomic E-state index is 0.0201. The highest BCUT2D eigenvalue weighted by molar-refractivity contribution is 7.88. The highest BCUT2D eigenvalue weighted by Crippen LogP contribution is 2.24. The van der Waals surface area contributed by atoms with Crippen LogP contribution in [0.15, 0.2) is 24.3 Å². The van der Waals surface area contributed by atoms with Crippen LogP contribution in [0.4, 0.5) is 0 Å². The number of nitrogens with one attached hydrogen (secondary N) is 1. The fourth-order valence-corrected chi connectivity index (χ4v) is 4.46. The van der Waals surface area contributed by atoms with E-state index in [1.165, 1.54) is 12.8 Å². The lowest BCUT2D eigenvalue weighted by molar-refractivity contribution is 0.399. The van der Waals surface area contributed by atoms with Gasteiger partial charge in [-0.3, -0.25) is 0 Å². The molecule has 0 aliphatic heterocycles. The Morgan fingerprint density at radius 2 is 1.95 bits per heavy atom. The Morgan fingerprint density at radius 3 is 2.71 bits per heavy atom. The van der Waals surface area contributed by atoms with Crippen molar-refractivity contribution in [2.75, 3.05) is 0 Å². The normalized spacial score (nSPS) is 23.2. The van der Waals surface area contributed by atoms with E-state index < -0.39 is 10.0 Å². The summed E-state index contributed by atoms with van der Waals surface area (Å²) >= 11 is 0. The number of hydrogen-bond acceptors (Lipinski definition) is 3. The van der Waals surface area contributed by atoms with Gasteiger partial charge in [-0.2, -0.15) is 5.26 Å². The van der Waals surface area contributed by atoms with Crippen molar-refractivity contribution in [2.45, 2.75) is 50.8 Å². The van der Waals surface area contributed by atoms with Gasteiger partial charge in [-0.15, -0.1) is 0 Å². The third-order valence-corrected chi connectivity index (χ3v) is 5.53. The Labute approximate surface area is 127 Å². The van der Waals surface area contributed by atoms with E-state index in [1.807, 2.05) is 6.07 Å². The molecule has 114 valence electrons. The van der Waals surface area contributed by atoms with Gasteiger partial charge in [0.05, 0.1) is 17.4 Å². The Bertz CT molecular complexity index is 619. The zero-order valence-electron chi connectivity index (χ0n) is 12.4. The fourth-order valence-electron chi connectivity index (χ4n) is 2.90. The molecule has 0 saturated heterocycles. The van der Waals surface area contributed by atoms with Gasteiger partial charge in [-0.25, -0.2) is 13.1 Å². The molecule has 1 fully saturated rings. The quantitative estimate of drug-likeness (QED) is 0.869. The summed E-state index contributed by atoms with van der Waals surface area (Å²) in [5.41, 5.74) is 0.991. The first kappa shape index (κ1) is 16.0. The molecule has 0 bridgehead atoms. The molecule has 0 radical (unpaired) electrons. The van der Waals surface area contributed by atoms with E-state index in [1.54, 1.807) is 24.3 Å². The third-order valence-electron chi connectivity index (χ3n) is 4.18. The number of rotatable bonds is 4. The summed E-state index contributed by atoms with van der Waals surface area (Å²) in [7, 11) is -3.42. The van der Waals surface area contributed by atoms with Gasteiger partial charge in [0.25, 0.3) is 0 Å². The van der Waals surface area contributed by atoms with Gasteiger partial charge in [0.15, 0.2) is 0 Å². The first-order valence-corrected chi connectivity index (χ1v) is 9.15. The van der Waals surface area contributed by atoms with Gasteiger partial charge in [0.2, 0.25) is 10.0 Å². The maximum absolute atomic E-state index is 12.4. The molecular formula is C16H22N2O2S. The summed E-state index contributed by atoms with van der Waals surface area (Å²) in [5.74, 6) is 0.244. The number of benzene rings is 1. The average Bonchev–Trinajstić information content (AvgIpc) is 2.64. The van der Waals surface area contributed by atoms with E-state index in [4.69, 9.17) is 5.26 Å².